The average Bonchev–Trinajstić information content (AvgIpc) is 2.76. The normalized spacial score (nSPS) is 10.2. The summed E-state index contributed by atoms with van der Waals surface area (Å²) < 4.78 is 13.0. The van der Waals surface area contributed by atoms with Gasteiger partial charge in [0.15, 0.2) is 0 Å². The minimum atomic E-state index is -0.432. The minimum absolute atomic E-state index is 0.279. The summed E-state index contributed by atoms with van der Waals surface area (Å²) in [5.74, 6) is -0.233. The molecule has 88 valence electrons. The van der Waals surface area contributed by atoms with Crippen LogP contribution in [-0.4, -0.2) is 16.1 Å². The van der Waals surface area contributed by atoms with E-state index in [-0.39, 0.29) is 11.5 Å². The number of hydrogen-bond acceptors (Lipinski definition) is 2. The second-order valence-electron chi connectivity index (χ2n) is 3.59. The molecule has 4 nitrogen and oxygen atoms in total. The SMILES string of the molecule is CCc1cn[nH]c1NC(=O)c1cccc(F)c1. The van der Waals surface area contributed by atoms with E-state index in [1.807, 2.05) is 6.92 Å². The van der Waals surface area contributed by atoms with Crippen molar-refractivity contribution in [3.8, 4) is 0 Å². The summed E-state index contributed by atoms with van der Waals surface area (Å²) in [5.41, 5.74) is 1.19. The number of halogens is 1. The maximum absolute atomic E-state index is 13.0. The lowest BCUT2D eigenvalue weighted by atomic mass is 10.2. The van der Waals surface area contributed by atoms with E-state index in [9.17, 15) is 9.18 Å². The molecule has 0 unspecified atom stereocenters. The summed E-state index contributed by atoms with van der Waals surface area (Å²) in [5, 5.41) is 9.20. The predicted molar refractivity (Wildman–Crippen MR) is 62.3 cm³/mol. The van der Waals surface area contributed by atoms with Gasteiger partial charge in [0.1, 0.15) is 11.6 Å². The van der Waals surface area contributed by atoms with Crippen LogP contribution in [0.4, 0.5) is 10.2 Å². The molecule has 2 N–H and O–H groups in total. The second-order valence-corrected chi connectivity index (χ2v) is 3.59. The standard InChI is InChI=1S/C12H12FN3O/c1-2-8-7-14-16-11(8)15-12(17)9-4-3-5-10(13)6-9/h3-7H,2H2,1H3,(H2,14,15,16,17). The maximum atomic E-state index is 13.0. The van der Waals surface area contributed by atoms with E-state index in [2.05, 4.69) is 15.5 Å². The van der Waals surface area contributed by atoms with Gasteiger partial charge >= 0.3 is 0 Å². The summed E-state index contributed by atoms with van der Waals surface area (Å²) in [7, 11) is 0. The number of carbonyl (C=O) groups is 1. The van der Waals surface area contributed by atoms with Gasteiger partial charge in [-0.2, -0.15) is 5.10 Å². The number of aromatic amines is 1. The van der Waals surface area contributed by atoms with Crippen molar-refractivity contribution in [1.82, 2.24) is 10.2 Å². The predicted octanol–water partition coefficient (Wildman–Crippen LogP) is 2.36. The van der Waals surface area contributed by atoms with Crippen molar-refractivity contribution in [2.75, 3.05) is 5.32 Å². The molecular formula is C12H12FN3O. The molecule has 0 spiro atoms. The van der Waals surface area contributed by atoms with Crippen LogP contribution in [-0.2, 0) is 6.42 Å². The third-order valence-electron chi connectivity index (χ3n) is 2.42. The van der Waals surface area contributed by atoms with E-state index in [4.69, 9.17) is 0 Å². The highest BCUT2D eigenvalue weighted by Gasteiger charge is 2.10. The molecule has 0 aliphatic heterocycles. The fourth-order valence-corrected chi connectivity index (χ4v) is 1.50. The highest BCUT2D eigenvalue weighted by atomic mass is 19.1. The molecule has 0 bridgehead atoms. The highest BCUT2D eigenvalue weighted by Crippen LogP contribution is 2.13. The van der Waals surface area contributed by atoms with Gasteiger partial charge in [-0.3, -0.25) is 9.89 Å². The number of aromatic nitrogens is 2. The molecule has 0 atom stereocenters. The Morgan fingerprint density at radius 3 is 3.06 bits per heavy atom. The number of nitrogens with zero attached hydrogens (tertiary/aromatic N) is 1. The first-order valence-corrected chi connectivity index (χ1v) is 5.30. The maximum Gasteiger partial charge on any atom is 0.256 e. The number of nitrogens with one attached hydrogen (secondary N) is 2. The summed E-state index contributed by atoms with van der Waals surface area (Å²) >= 11 is 0. The number of aryl methyl sites for hydroxylation is 1. The monoisotopic (exact) mass is 233 g/mol. The molecule has 0 saturated heterocycles. The number of amides is 1. The zero-order chi connectivity index (χ0) is 12.3. The molecular weight excluding hydrogens is 221 g/mol. The first-order chi connectivity index (χ1) is 8.20. The zero-order valence-corrected chi connectivity index (χ0v) is 9.33. The van der Waals surface area contributed by atoms with Gasteiger partial charge < -0.3 is 5.32 Å². The van der Waals surface area contributed by atoms with Crippen molar-refractivity contribution in [3.63, 3.8) is 0 Å². The molecule has 1 amide bonds. The Morgan fingerprint density at radius 1 is 1.53 bits per heavy atom. The van der Waals surface area contributed by atoms with Gasteiger partial charge in [-0.25, -0.2) is 4.39 Å². The topological polar surface area (TPSA) is 57.8 Å². The molecule has 1 aromatic heterocycles. The van der Waals surface area contributed by atoms with Gasteiger partial charge in [-0.1, -0.05) is 13.0 Å². The smallest absolute Gasteiger partial charge is 0.256 e. The van der Waals surface area contributed by atoms with Crippen LogP contribution >= 0.6 is 0 Å². The molecule has 2 aromatic rings. The Balaban J connectivity index is 2.17. The Labute approximate surface area is 97.9 Å². The van der Waals surface area contributed by atoms with Gasteiger partial charge in [-0.05, 0) is 24.6 Å². The van der Waals surface area contributed by atoms with E-state index < -0.39 is 5.82 Å². The summed E-state index contributed by atoms with van der Waals surface area (Å²) in [6.07, 6.45) is 2.41. The first-order valence-electron chi connectivity index (χ1n) is 5.30. The summed E-state index contributed by atoms with van der Waals surface area (Å²) in [6, 6.07) is 5.54. The lowest BCUT2D eigenvalue weighted by Crippen LogP contribution is -2.13. The third kappa shape index (κ3) is 2.50. The van der Waals surface area contributed by atoms with Crippen LogP contribution in [0.3, 0.4) is 0 Å². The van der Waals surface area contributed by atoms with E-state index in [1.54, 1.807) is 12.3 Å². The number of carbonyl (C=O) groups excluding carboxylic acids is 1. The molecule has 0 fully saturated rings. The second kappa shape index (κ2) is 4.78. The van der Waals surface area contributed by atoms with Crippen molar-refractivity contribution in [2.45, 2.75) is 13.3 Å². The molecule has 0 aliphatic rings. The van der Waals surface area contributed by atoms with Gasteiger partial charge in [0.2, 0.25) is 0 Å². The first kappa shape index (κ1) is 11.3. The van der Waals surface area contributed by atoms with Crippen LogP contribution in [0, 0.1) is 5.82 Å². The number of rotatable bonds is 3. The van der Waals surface area contributed by atoms with Crippen LogP contribution in [0.2, 0.25) is 0 Å². The van der Waals surface area contributed by atoms with Gasteiger partial charge in [0, 0.05) is 11.1 Å². The molecule has 0 saturated carbocycles. The quantitative estimate of drug-likeness (QED) is 0.855. The van der Waals surface area contributed by atoms with Crippen molar-refractivity contribution in [3.05, 3.63) is 47.4 Å². The van der Waals surface area contributed by atoms with E-state index in [0.29, 0.717) is 5.82 Å². The van der Waals surface area contributed by atoms with Gasteiger partial charge in [0.25, 0.3) is 5.91 Å². The lowest BCUT2D eigenvalue weighted by molar-refractivity contribution is 0.102. The van der Waals surface area contributed by atoms with Crippen LogP contribution < -0.4 is 5.32 Å². The highest BCUT2D eigenvalue weighted by molar-refractivity contribution is 6.04. The third-order valence-corrected chi connectivity index (χ3v) is 2.42. The molecule has 5 heteroatoms. The molecule has 2 rings (SSSR count). The van der Waals surface area contributed by atoms with Crippen LogP contribution in [0.5, 0.6) is 0 Å². The fourth-order valence-electron chi connectivity index (χ4n) is 1.50. The Hall–Kier alpha value is -2.17. The largest absolute Gasteiger partial charge is 0.307 e. The van der Waals surface area contributed by atoms with Crippen LogP contribution in [0.1, 0.15) is 22.8 Å². The fraction of sp³-hybridized carbons (Fsp3) is 0.167. The molecule has 17 heavy (non-hydrogen) atoms. The van der Waals surface area contributed by atoms with E-state index in [1.165, 1.54) is 18.2 Å². The summed E-state index contributed by atoms with van der Waals surface area (Å²) in [4.78, 5) is 11.8. The number of hydrogen-bond donors (Lipinski definition) is 2. The zero-order valence-electron chi connectivity index (χ0n) is 9.33. The van der Waals surface area contributed by atoms with Gasteiger partial charge in [-0.15, -0.1) is 0 Å². The van der Waals surface area contributed by atoms with Crippen molar-refractivity contribution >= 4 is 11.7 Å². The van der Waals surface area contributed by atoms with E-state index >= 15 is 0 Å². The summed E-state index contributed by atoms with van der Waals surface area (Å²) in [6.45, 7) is 1.96. The van der Waals surface area contributed by atoms with Crippen molar-refractivity contribution in [1.29, 1.82) is 0 Å². The number of benzene rings is 1. The number of anilines is 1. The number of H-pyrrole nitrogens is 1. The molecule has 0 aliphatic carbocycles. The average molecular weight is 233 g/mol. The Bertz CT molecular complexity index is 536. The van der Waals surface area contributed by atoms with E-state index in [0.717, 1.165) is 12.0 Å². The molecule has 1 heterocycles. The van der Waals surface area contributed by atoms with Crippen LogP contribution in [0.15, 0.2) is 30.5 Å². The Kier molecular flexibility index (Phi) is 3.18. The van der Waals surface area contributed by atoms with Crippen LogP contribution in [0.25, 0.3) is 0 Å². The minimum Gasteiger partial charge on any atom is -0.307 e. The molecule has 0 radical (unpaired) electrons. The lowest BCUT2D eigenvalue weighted by Gasteiger charge is -2.04. The van der Waals surface area contributed by atoms with Crippen molar-refractivity contribution in [2.24, 2.45) is 0 Å². The Morgan fingerprint density at radius 2 is 2.35 bits per heavy atom. The van der Waals surface area contributed by atoms with Crippen molar-refractivity contribution < 1.29 is 9.18 Å². The van der Waals surface area contributed by atoms with Gasteiger partial charge in [0.05, 0.1) is 6.20 Å². The molecule has 1 aromatic carbocycles.